The monoisotopic (exact) mass is 254 g/mol. The van der Waals surface area contributed by atoms with Crippen LogP contribution in [0.2, 0.25) is 0 Å². The molecule has 19 heavy (non-hydrogen) atoms. The summed E-state index contributed by atoms with van der Waals surface area (Å²) in [7, 11) is 1.79. The maximum Gasteiger partial charge on any atom is 0.254 e. The van der Waals surface area contributed by atoms with Crippen molar-refractivity contribution in [1.82, 2.24) is 9.88 Å². The first kappa shape index (κ1) is 11.6. The number of rotatable bonds is 3. The number of benzene rings is 1. The number of nitrogens with one attached hydrogen (secondary N) is 1. The van der Waals surface area contributed by atoms with E-state index in [0.717, 1.165) is 16.5 Å². The number of carbonyl (C=O) groups excluding carboxylic acids is 1. The van der Waals surface area contributed by atoms with E-state index in [1.54, 1.807) is 24.5 Å². The van der Waals surface area contributed by atoms with Gasteiger partial charge in [-0.1, -0.05) is 6.07 Å². The second-order valence-electron chi connectivity index (χ2n) is 4.54. The molecular weight excluding hydrogens is 240 g/mol. The van der Waals surface area contributed by atoms with E-state index in [-0.39, 0.29) is 5.91 Å². The number of aromatic nitrogens is 1. The molecule has 4 heteroatoms. The Morgan fingerprint density at radius 1 is 1.32 bits per heavy atom. The van der Waals surface area contributed by atoms with E-state index in [0.29, 0.717) is 12.1 Å². The van der Waals surface area contributed by atoms with Crippen molar-refractivity contribution in [2.45, 2.75) is 6.54 Å². The first-order valence-electron chi connectivity index (χ1n) is 6.08. The lowest BCUT2D eigenvalue weighted by Crippen LogP contribution is -2.26. The van der Waals surface area contributed by atoms with Crippen molar-refractivity contribution in [2.75, 3.05) is 7.05 Å². The Labute approximate surface area is 110 Å². The third-order valence-corrected chi connectivity index (χ3v) is 3.17. The molecule has 0 aliphatic rings. The van der Waals surface area contributed by atoms with Crippen LogP contribution in [0.3, 0.4) is 0 Å². The largest absolute Gasteiger partial charge is 0.472 e. The predicted octanol–water partition coefficient (Wildman–Crippen LogP) is 3.03. The highest BCUT2D eigenvalue weighted by Gasteiger charge is 2.15. The van der Waals surface area contributed by atoms with Gasteiger partial charge in [0.25, 0.3) is 5.91 Å². The minimum atomic E-state index is 0.00593. The van der Waals surface area contributed by atoms with Crippen LogP contribution in [0.15, 0.2) is 53.5 Å². The van der Waals surface area contributed by atoms with E-state index >= 15 is 0 Å². The summed E-state index contributed by atoms with van der Waals surface area (Å²) in [4.78, 5) is 17.3. The molecular formula is C15H14N2O2. The summed E-state index contributed by atoms with van der Waals surface area (Å²) in [6, 6.07) is 9.49. The summed E-state index contributed by atoms with van der Waals surface area (Å²) in [5, 5.41) is 0.951. The predicted molar refractivity (Wildman–Crippen MR) is 72.8 cm³/mol. The third-order valence-electron chi connectivity index (χ3n) is 3.17. The molecule has 1 amide bonds. The topological polar surface area (TPSA) is 49.2 Å². The smallest absolute Gasteiger partial charge is 0.254 e. The fourth-order valence-electron chi connectivity index (χ4n) is 2.21. The summed E-state index contributed by atoms with van der Waals surface area (Å²) >= 11 is 0. The van der Waals surface area contributed by atoms with Gasteiger partial charge in [-0.05, 0) is 24.3 Å². The molecule has 0 fully saturated rings. The van der Waals surface area contributed by atoms with Crippen molar-refractivity contribution in [3.8, 4) is 0 Å². The van der Waals surface area contributed by atoms with E-state index in [4.69, 9.17) is 4.42 Å². The van der Waals surface area contributed by atoms with E-state index in [9.17, 15) is 4.79 Å². The van der Waals surface area contributed by atoms with Gasteiger partial charge in [0, 0.05) is 41.8 Å². The number of fused-ring (bicyclic) bond motifs is 1. The fraction of sp³-hybridized carbons (Fsp3) is 0.133. The number of hydrogen-bond acceptors (Lipinski definition) is 2. The van der Waals surface area contributed by atoms with Crippen molar-refractivity contribution in [1.29, 1.82) is 0 Å². The number of furan rings is 1. The van der Waals surface area contributed by atoms with Crippen molar-refractivity contribution in [3.05, 3.63) is 60.2 Å². The lowest BCUT2D eigenvalue weighted by atomic mass is 10.1. The highest BCUT2D eigenvalue weighted by molar-refractivity contribution is 6.06. The molecule has 4 nitrogen and oxygen atoms in total. The number of amides is 1. The number of carbonyl (C=O) groups is 1. The molecule has 1 aromatic carbocycles. The first-order valence-corrected chi connectivity index (χ1v) is 6.08. The van der Waals surface area contributed by atoms with Gasteiger partial charge in [-0.3, -0.25) is 4.79 Å². The van der Waals surface area contributed by atoms with E-state index in [2.05, 4.69) is 4.98 Å². The minimum Gasteiger partial charge on any atom is -0.472 e. The van der Waals surface area contributed by atoms with E-state index in [1.807, 2.05) is 36.5 Å². The molecule has 3 aromatic rings. The highest BCUT2D eigenvalue weighted by Crippen LogP contribution is 2.19. The molecule has 0 unspecified atom stereocenters. The van der Waals surface area contributed by atoms with Crippen molar-refractivity contribution >= 4 is 16.8 Å². The van der Waals surface area contributed by atoms with Crippen LogP contribution < -0.4 is 0 Å². The summed E-state index contributed by atoms with van der Waals surface area (Å²) < 4.78 is 5.02. The molecule has 96 valence electrons. The van der Waals surface area contributed by atoms with Gasteiger partial charge in [0.05, 0.1) is 12.5 Å². The summed E-state index contributed by atoms with van der Waals surface area (Å²) in [6.45, 7) is 0.538. The quantitative estimate of drug-likeness (QED) is 0.781. The average molecular weight is 254 g/mol. The molecule has 0 saturated carbocycles. The van der Waals surface area contributed by atoms with Gasteiger partial charge in [0.1, 0.15) is 0 Å². The van der Waals surface area contributed by atoms with Crippen LogP contribution in [-0.4, -0.2) is 22.8 Å². The number of aromatic amines is 1. The molecule has 0 spiro atoms. The molecule has 0 aliphatic heterocycles. The van der Waals surface area contributed by atoms with Crippen molar-refractivity contribution in [3.63, 3.8) is 0 Å². The maximum absolute atomic E-state index is 12.5. The van der Waals surface area contributed by atoms with Crippen molar-refractivity contribution in [2.24, 2.45) is 0 Å². The van der Waals surface area contributed by atoms with Crippen LogP contribution >= 0.6 is 0 Å². The van der Waals surface area contributed by atoms with Gasteiger partial charge < -0.3 is 14.3 Å². The van der Waals surface area contributed by atoms with Crippen molar-refractivity contribution < 1.29 is 9.21 Å². The Hall–Kier alpha value is -2.49. The normalized spacial score (nSPS) is 10.8. The van der Waals surface area contributed by atoms with E-state index in [1.165, 1.54) is 0 Å². The second-order valence-corrected chi connectivity index (χ2v) is 4.54. The Morgan fingerprint density at radius 3 is 3.00 bits per heavy atom. The number of hydrogen-bond donors (Lipinski definition) is 1. The van der Waals surface area contributed by atoms with Crippen LogP contribution in [0.25, 0.3) is 10.9 Å². The van der Waals surface area contributed by atoms with Gasteiger partial charge in [-0.15, -0.1) is 0 Å². The molecule has 0 radical (unpaired) electrons. The zero-order valence-electron chi connectivity index (χ0n) is 10.6. The van der Waals surface area contributed by atoms with Crippen LogP contribution in [0.5, 0.6) is 0 Å². The zero-order chi connectivity index (χ0) is 13.2. The molecule has 0 aliphatic carbocycles. The van der Waals surface area contributed by atoms with Gasteiger partial charge in [-0.2, -0.15) is 0 Å². The van der Waals surface area contributed by atoms with Crippen LogP contribution in [-0.2, 0) is 6.54 Å². The number of H-pyrrole nitrogens is 1. The zero-order valence-corrected chi connectivity index (χ0v) is 10.6. The standard InChI is InChI=1S/C15H14N2O2/c1-17(9-11-6-8-19-10-11)15(18)13-3-2-4-14-12(13)5-7-16-14/h2-8,10,16H,9H2,1H3. The molecule has 0 atom stereocenters. The van der Waals surface area contributed by atoms with Gasteiger partial charge in [-0.25, -0.2) is 0 Å². The lowest BCUT2D eigenvalue weighted by molar-refractivity contribution is 0.0787. The Kier molecular flexibility index (Phi) is 2.83. The van der Waals surface area contributed by atoms with Crippen LogP contribution in [0.4, 0.5) is 0 Å². The molecule has 3 rings (SSSR count). The molecule has 2 aromatic heterocycles. The summed E-state index contributed by atoms with van der Waals surface area (Å²) in [6.07, 6.45) is 5.11. The summed E-state index contributed by atoms with van der Waals surface area (Å²) in [5.74, 6) is 0.00593. The second kappa shape index (κ2) is 4.65. The van der Waals surface area contributed by atoms with Crippen LogP contribution in [0, 0.1) is 0 Å². The lowest BCUT2D eigenvalue weighted by Gasteiger charge is -2.16. The summed E-state index contributed by atoms with van der Waals surface area (Å²) in [5.41, 5.74) is 2.67. The first-order chi connectivity index (χ1) is 9.25. The Bertz CT molecular complexity index is 698. The van der Waals surface area contributed by atoms with Gasteiger partial charge in [0.2, 0.25) is 0 Å². The average Bonchev–Trinajstić information content (AvgIpc) is 3.07. The van der Waals surface area contributed by atoms with Crippen LogP contribution in [0.1, 0.15) is 15.9 Å². The molecule has 1 N–H and O–H groups in total. The third kappa shape index (κ3) is 2.12. The number of nitrogens with zero attached hydrogens (tertiary/aromatic N) is 1. The fourth-order valence-corrected chi connectivity index (χ4v) is 2.21. The molecule has 2 heterocycles. The minimum absolute atomic E-state index is 0.00593. The maximum atomic E-state index is 12.5. The van der Waals surface area contributed by atoms with Gasteiger partial charge in [0.15, 0.2) is 0 Å². The Morgan fingerprint density at radius 2 is 2.21 bits per heavy atom. The highest BCUT2D eigenvalue weighted by atomic mass is 16.3. The molecule has 0 saturated heterocycles. The van der Waals surface area contributed by atoms with Gasteiger partial charge >= 0.3 is 0 Å². The van der Waals surface area contributed by atoms with E-state index < -0.39 is 0 Å². The Balaban J connectivity index is 1.89. The SMILES string of the molecule is CN(Cc1ccoc1)C(=O)c1cccc2[nH]ccc12. The molecule has 0 bridgehead atoms.